The first kappa shape index (κ1) is 19.5. The molecule has 1 N–H and O–H groups in total. The van der Waals surface area contributed by atoms with Crippen LogP contribution in [0.25, 0.3) is 0 Å². The van der Waals surface area contributed by atoms with Crippen LogP contribution in [-0.2, 0) is 10.1 Å². The number of ether oxygens (including phenoxy) is 3. The second-order valence-electron chi connectivity index (χ2n) is 5.52. The highest BCUT2D eigenvalue weighted by Crippen LogP contribution is 2.37. The monoisotopic (exact) mass is 322 g/mol. The standard InChI is InChI=1S/C9H12O6S.C4H12N/c1-13-6-4-7(14-2)9(16(10,11)12)8(5-6)15-3;1-5(2,3)4/h4-5H,1-3H3,(H,10,11,12);1-4H3/q;+1. The third-order valence-electron chi connectivity index (χ3n) is 1.93. The maximum Gasteiger partial charge on any atom is 0.301 e. The molecule has 0 unspecified atom stereocenters. The molecule has 0 aromatic heterocycles. The van der Waals surface area contributed by atoms with E-state index in [4.69, 9.17) is 18.8 Å². The van der Waals surface area contributed by atoms with Crippen molar-refractivity contribution >= 4 is 10.1 Å². The molecule has 7 nitrogen and oxygen atoms in total. The highest BCUT2D eigenvalue weighted by Gasteiger charge is 2.23. The van der Waals surface area contributed by atoms with Gasteiger partial charge in [0.2, 0.25) is 0 Å². The molecule has 0 aliphatic carbocycles. The number of methoxy groups -OCH3 is 3. The summed E-state index contributed by atoms with van der Waals surface area (Å²) in [4.78, 5) is -0.418. The summed E-state index contributed by atoms with van der Waals surface area (Å²) >= 11 is 0. The zero-order valence-electron chi connectivity index (χ0n) is 13.5. The van der Waals surface area contributed by atoms with Crippen molar-refractivity contribution in [1.82, 2.24) is 0 Å². The number of hydrogen-bond donors (Lipinski definition) is 1. The Hall–Kier alpha value is -1.51. The quantitative estimate of drug-likeness (QED) is 0.664. The van der Waals surface area contributed by atoms with Crippen molar-refractivity contribution in [2.45, 2.75) is 4.90 Å². The van der Waals surface area contributed by atoms with Crippen molar-refractivity contribution in [1.29, 1.82) is 0 Å². The summed E-state index contributed by atoms with van der Waals surface area (Å²) in [5, 5.41) is 0. The molecule has 0 heterocycles. The third kappa shape index (κ3) is 7.16. The van der Waals surface area contributed by atoms with Crippen LogP contribution in [0.4, 0.5) is 0 Å². The molecular formula is C13H24NO6S+. The Bertz CT molecular complexity index is 532. The molecule has 21 heavy (non-hydrogen) atoms. The fraction of sp³-hybridized carbons (Fsp3) is 0.538. The second-order valence-corrected chi connectivity index (χ2v) is 6.88. The van der Waals surface area contributed by atoms with Crippen molar-refractivity contribution in [3.8, 4) is 17.2 Å². The van der Waals surface area contributed by atoms with Gasteiger partial charge in [0, 0.05) is 12.1 Å². The van der Waals surface area contributed by atoms with Crippen molar-refractivity contribution < 1.29 is 31.7 Å². The van der Waals surface area contributed by atoms with E-state index in [0.717, 1.165) is 4.48 Å². The molecule has 1 rings (SSSR count). The van der Waals surface area contributed by atoms with Gasteiger partial charge in [-0.25, -0.2) is 0 Å². The molecule has 0 radical (unpaired) electrons. The van der Waals surface area contributed by atoms with Crippen LogP contribution in [0.2, 0.25) is 0 Å². The Kier molecular flexibility index (Phi) is 6.95. The van der Waals surface area contributed by atoms with Gasteiger partial charge in [-0.3, -0.25) is 4.55 Å². The van der Waals surface area contributed by atoms with Crippen LogP contribution in [0.1, 0.15) is 0 Å². The van der Waals surface area contributed by atoms with Gasteiger partial charge in [0.15, 0.2) is 4.90 Å². The van der Waals surface area contributed by atoms with Crippen LogP contribution >= 0.6 is 0 Å². The summed E-state index contributed by atoms with van der Waals surface area (Å²) in [6.07, 6.45) is 0. The van der Waals surface area contributed by atoms with Gasteiger partial charge in [-0.15, -0.1) is 0 Å². The summed E-state index contributed by atoms with van der Waals surface area (Å²) in [6.45, 7) is 0. The largest absolute Gasteiger partial charge is 0.496 e. The maximum absolute atomic E-state index is 11.1. The van der Waals surface area contributed by atoms with Gasteiger partial charge < -0.3 is 18.7 Å². The van der Waals surface area contributed by atoms with E-state index in [1.165, 1.54) is 33.5 Å². The summed E-state index contributed by atoms with van der Waals surface area (Å²) < 4.78 is 47.0. The fourth-order valence-electron chi connectivity index (χ4n) is 1.23. The molecule has 122 valence electrons. The topological polar surface area (TPSA) is 82.1 Å². The Morgan fingerprint density at radius 1 is 0.905 bits per heavy atom. The molecule has 0 atom stereocenters. The Labute approximate surface area is 126 Å². The second kappa shape index (κ2) is 7.48. The van der Waals surface area contributed by atoms with Crippen molar-refractivity contribution in [3.05, 3.63) is 12.1 Å². The van der Waals surface area contributed by atoms with Gasteiger partial charge in [-0.2, -0.15) is 8.42 Å². The highest BCUT2D eigenvalue weighted by molar-refractivity contribution is 7.86. The Morgan fingerprint density at radius 2 is 1.24 bits per heavy atom. The predicted octanol–water partition coefficient (Wildman–Crippen LogP) is 1.28. The van der Waals surface area contributed by atoms with E-state index in [1.807, 2.05) is 0 Å². The molecule has 1 aromatic rings. The number of rotatable bonds is 4. The molecule has 0 spiro atoms. The fourth-order valence-corrected chi connectivity index (χ4v) is 2.02. The predicted molar refractivity (Wildman–Crippen MR) is 79.9 cm³/mol. The van der Waals surface area contributed by atoms with Crippen molar-refractivity contribution in [2.24, 2.45) is 0 Å². The van der Waals surface area contributed by atoms with Gasteiger partial charge in [0.25, 0.3) is 0 Å². The van der Waals surface area contributed by atoms with Gasteiger partial charge in [-0.05, 0) is 0 Å². The minimum atomic E-state index is -4.42. The molecule has 0 aliphatic rings. The average Bonchev–Trinajstić information content (AvgIpc) is 2.33. The normalized spacial score (nSPS) is 11.2. The molecule has 0 fully saturated rings. The van der Waals surface area contributed by atoms with Crippen LogP contribution in [0.15, 0.2) is 17.0 Å². The number of hydrogen-bond acceptors (Lipinski definition) is 5. The van der Waals surface area contributed by atoms with Crippen molar-refractivity contribution in [2.75, 3.05) is 49.5 Å². The van der Waals surface area contributed by atoms with Crippen LogP contribution in [-0.4, -0.2) is 67.0 Å². The lowest BCUT2D eigenvalue weighted by Gasteiger charge is -2.14. The lowest BCUT2D eigenvalue weighted by molar-refractivity contribution is -0.849. The molecule has 1 aromatic carbocycles. The van der Waals surface area contributed by atoms with E-state index in [2.05, 4.69) is 28.2 Å². The van der Waals surface area contributed by atoms with Crippen molar-refractivity contribution in [3.63, 3.8) is 0 Å². The lowest BCUT2D eigenvalue weighted by Crippen LogP contribution is -2.27. The summed E-state index contributed by atoms with van der Waals surface area (Å²) in [7, 11) is 8.06. The number of nitrogens with zero attached hydrogens (tertiary/aromatic N) is 1. The maximum atomic E-state index is 11.1. The SMILES string of the molecule is COc1cc(OC)c(S(=O)(=O)O)c(OC)c1.C[N+](C)(C)C. The molecule has 0 bridgehead atoms. The summed E-state index contributed by atoms with van der Waals surface area (Å²) in [5.74, 6) is 0.276. The minimum Gasteiger partial charge on any atom is -0.496 e. The lowest BCUT2D eigenvalue weighted by atomic mass is 10.3. The average molecular weight is 322 g/mol. The van der Waals surface area contributed by atoms with E-state index in [1.54, 1.807) is 0 Å². The first-order valence-corrected chi connectivity index (χ1v) is 7.44. The van der Waals surface area contributed by atoms with Gasteiger partial charge >= 0.3 is 10.1 Å². The minimum absolute atomic E-state index is 0.0429. The van der Waals surface area contributed by atoms with Gasteiger partial charge in [0.1, 0.15) is 17.2 Å². The first-order valence-electron chi connectivity index (χ1n) is 6.00. The zero-order valence-corrected chi connectivity index (χ0v) is 14.3. The zero-order chi connectivity index (χ0) is 16.8. The van der Waals surface area contributed by atoms with E-state index < -0.39 is 15.0 Å². The molecule has 0 amide bonds. The summed E-state index contributed by atoms with van der Waals surface area (Å²) in [5.41, 5.74) is 0. The van der Waals surface area contributed by atoms with E-state index in [0.29, 0.717) is 5.75 Å². The number of benzene rings is 1. The highest BCUT2D eigenvalue weighted by atomic mass is 32.2. The number of quaternary nitrogens is 1. The van der Waals surface area contributed by atoms with Crippen LogP contribution < -0.4 is 14.2 Å². The molecule has 0 aliphatic heterocycles. The smallest absolute Gasteiger partial charge is 0.301 e. The van der Waals surface area contributed by atoms with E-state index >= 15 is 0 Å². The molecule has 0 saturated heterocycles. The van der Waals surface area contributed by atoms with Crippen LogP contribution in [0.3, 0.4) is 0 Å². The third-order valence-corrected chi connectivity index (χ3v) is 2.85. The van der Waals surface area contributed by atoms with Gasteiger partial charge in [0.05, 0.1) is 49.5 Å². The molecular weight excluding hydrogens is 298 g/mol. The van der Waals surface area contributed by atoms with Gasteiger partial charge in [-0.1, -0.05) is 0 Å². The van der Waals surface area contributed by atoms with Crippen LogP contribution in [0, 0.1) is 0 Å². The first-order chi connectivity index (χ1) is 9.43. The van der Waals surface area contributed by atoms with E-state index in [9.17, 15) is 8.42 Å². The summed E-state index contributed by atoms with van der Waals surface area (Å²) in [6, 6.07) is 2.68. The Morgan fingerprint density at radius 3 is 1.43 bits per heavy atom. The van der Waals surface area contributed by atoms with E-state index in [-0.39, 0.29) is 11.5 Å². The Balaban J connectivity index is 0.000000690. The van der Waals surface area contributed by atoms with Crippen LogP contribution in [0.5, 0.6) is 17.2 Å². The molecule has 8 heteroatoms. The molecule has 0 saturated carbocycles.